The molecule has 0 bridgehead atoms. The van der Waals surface area contributed by atoms with E-state index < -0.39 is 47.1 Å². The molecule has 0 aliphatic rings. The highest BCUT2D eigenvalue weighted by atomic mass is 16.6. The van der Waals surface area contributed by atoms with Gasteiger partial charge in [0.1, 0.15) is 23.4 Å². The number of phenols is 1. The van der Waals surface area contributed by atoms with Crippen LogP contribution in [0.2, 0.25) is 0 Å². The molecule has 0 heterocycles. The standard InChI is InChI=1S/C34H45N3O7/c1-9-23-12-16-25(17-13-23)29(30(40)35-21-20-28(39)43-11-3)37(34(7,8)10-2)31(41)27(36-32(42)44-33(4,5)6)22-24-14-18-26(38)19-15-24/h1,12-19,27,29,38H,10-11,20-22H2,2-8H3,(H,35,40)(H,36,42). The molecule has 0 saturated carbocycles. The Morgan fingerprint density at radius 2 is 1.59 bits per heavy atom. The average molecular weight is 608 g/mol. The summed E-state index contributed by atoms with van der Waals surface area (Å²) in [5.74, 6) is 1.11. The van der Waals surface area contributed by atoms with Gasteiger partial charge in [-0.25, -0.2) is 4.79 Å². The van der Waals surface area contributed by atoms with Crippen LogP contribution < -0.4 is 10.6 Å². The van der Waals surface area contributed by atoms with Gasteiger partial charge in [0.05, 0.1) is 13.0 Å². The molecule has 10 nitrogen and oxygen atoms in total. The van der Waals surface area contributed by atoms with Crippen molar-refractivity contribution in [3.05, 3.63) is 65.2 Å². The fourth-order valence-corrected chi connectivity index (χ4v) is 4.43. The second kappa shape index (κ2) is 15.8. The van der Waals surface area contributed by atoms with Crippen molar-refractivity contribution < 1.29 is 33.8 Å². The Labute approximate surface area is 260 Å². The normalized spacial score (nSPS) is 12.7. The number of nitrogens with zero attached hydrogens (tertiary/aromatic N) is 1. The third kappa shape index (κ3) is 10.6. The molecular weight excluding hydrogens is 562 g/mol. The topological polar surface area (TPSA) is 134 Å². The van der Waals surface area contributed by atoms with Gasteiger partial charge < -0.3 is 30.1 Å². The average Bonchev–Trinajstić information content (AvgIpc) is 2.95. The van der Waals surface area contributed by atoms with Crippen molar-refractivity contribution in [3.63, 3.8) is 0 Å². The Balaban J connectivity index is 2.62. The van der Waals surface area contributed by atoms with E-state index in [-0.39, 0.29) is 31.7 Å². The minimum atomic E-state index is -1.14. The fourth-order valence-electron chi connectivity index (χ4n) is 4.43. The van der Waals surface area contributed by atoms with Gasteiger partial charge in [-0.2, -0.15) is 0 Å². The van der Waals surface area contributed by atoms with E-state index in [2.05, 4.69) is 16.6 Å². The number of hydrogen-bond donors (Lipinski definition) is 3. The molecule has 0 aromatic heterocycles. The first kappa shape index (κ1) is 35.7. The molecule has 0 saturated heterocycles. The second-order valence-electron chi connectivity index (χ2n) is 12.0. The molecule has 0 radical (unpaired) electrons. The van der Waals surface area contributed by atoms with E-state index in [1.54, 1.807) is 64.1 Å². The Kier molecular flexibility index (Phi) is 12.8. The number of hydrogen-bond acceptors (Lipinski definition) is 7. The number of carbonyl (C=O) groups excluding carboxylic acids is 4. The summed E-state index contributed by atoms with van der Waals surface area (Å²) < 4.78 is 10.5. The summed E-state index contributed by atoms with van der Waals surface area (Å²) in [5, 5.41) is 15.3. The third-order valence-electron chi connectivity index (χ3n) is 6.95. The van der Waals surface area contributed by atoms with Crippen LogP contribution in [0.3, 0.4) is 0 Å². The number of ether oxygens (including phenoxy) is 2. The van der Waals surface area contributed by atoms with Crippen molar-refractivity contribution >= 4 is 23.9 Å². The number of esters is 1. The van der Waals surface area contributed by atoms with Gasteiger partial charge in [-0.15, -0.1) is 6.42 Å². The molecule has 3 amide bonds. The number of terminal acetylenes is 1. The minimum absolute atomic E-state index is 0.00170. The zero-order valence-electron chi connectivity index (χ0n) is 26.7. The smallest absolute Gasteiger partial charge is 0.408 e. The van der Waals surface area contributed by atoms with Crippen molar-refractivity contribution in [2.75, 3.05) is 13.2 Å². The van der Waals surface area contributed by atoms with E-state index in [9.17, 15) is 24.3 Å². The van der Waals surface area contributed by atoms with Gasteiger partial charge in [-0.1, -0.05) is 37.1 Å². The maximum absolute atomic E-state index is 14.7. The Morgan fingerprint density at radius 3 is 2.11 bits per heavy atom. The molecule has 44 heavy (non-hydrogen) atoms. The summed E-state index contributed by atoms with van der Waals surface area (Å²) in [4.78, 5) is 55.0. The zero-order valence-corrected chi connectivity index (χ0v) is 26.7. The fraction of sp³-hybridized carbons (Fsp3) is 0.471. The van der Waals surface area contributed by atoms with E-state index in [1.165, 1.54) is 17.0 Å². The third-order valence-corrected chi connectivity index (χ3v) is 6.95. The Hall–Kier alpha value is -4.52. The van der Waals surface area contributed by atoms with Crippen molar-refractivity contribution in [3.8, 4) is 18.1 Å². The quantitative estimate of drug-likeness (QED) is 0.223. The predicted molar refractivity (Wildman–Crippen MR) is 168 cm³/mol. The van der Waals surface area contributed by atoms with Crippen molar-refractivity contribution in [1.82, 2.24) is 15.5 Å². The number of carbonyl (C=O) groups is 4. The molecule has 0 aliphatic carbocycles. The number of alkyl carbamates (subject to hydrolysis) is 1. The molecule has 0 fully saturated rings. The molecule has 0 spiro atoms. The van der Waals surface area contributed by atoms with Crippen LogP contribution in [0, 0.1) is 12.3 Å². The van der Waals surface area contributed by atoms with Gasteiger partial charge in [-0.3, -0.25) is 14.4 Å². The maximum Gasteiger partial charge on any atom is 0.408 e. The van der Waals surface area contributed by atoms with Crippen molar-refractivity contribution in [1.29, 1.82) is 0 Å². The highest BCUT2D eigenvalue weighted by Crippen LogP contribution is 2.33. The van der Waals surface area contributed by atoms with E-state index in [4.69, 9.17) is 15.9 Å². The summed E-state index contributed by atoms with van der Waals surface area (Å²) in [6, 6.07) is 10.7. The summed E-state index contributed by atoms with van der Waals surface area (Å²) in [6.45, 7) is 12.6. The number of nitrogens with one attached hydrogen (secondary N) is 2. The van der Waals surface area contributed by atoms with Crippen LogP contribution in [0.4, 0.5) is 4.79 Å². The summed E-state index contributed by atoms with van der Waals surface area (Å²) in [5.41, 5.74) is 0.0556. The van der Waals surface area contributed by atoms with E-state index in [0.29, 0.717) is 23.1 Å². The lowest BCUT2D eigenvalue weighted by Crippen LogP contribution is -2.60. The molecule has 238 valence electrons. The van der Waals surface area contributed by atoms with Crippen LogP contribution in [-0.4, -0.2) is 64.2 Å². The number of benzene rings is 2. The Morgan fingerprint density at radius 1 is 0.977 bits per heavy atom. The zero-order chi connectivity index (χ0) is 33.1. The Bertz CT molecular complexity index is 1320. The van der Waals surface area contributed by atoms with E-state index >= 15 is 0 Å². The van der Waals surface area contributed by atoms with Gasteiger partial charge >= 0.3 is 12.1 Å². The predicted octanol–water partition coefficient (Wildman–Crippen LogP) is 4.64. The molecule has 2 aromatic rings. The van der Waals surface area contributed by atoms with Gasteiger partial charge in [-0.05, 0) is 83.4 Å². The minimum Gasteiger partial charge on any atom is -0.508 e. The van der Waals surface area contributed by atoms with Crippen LogP contribution in [0.5, 0.6) is 5.75 Å². The molecule has 0 aliphatic heterocycles. The number of rotatable bonds is 13. The SMILES string of the molecule is C#Cc1ccc(C(C(=O)NCCC(=O)OCC)N(C(=O)C(Cc2ccc(O)cc2)NC(=O)OC(C)(C)C)C(C)(C)CC)cc1. The van der Waals surface area contributed by atoms with Gasteiger partial charge in [0.25, 0.3) is 0 Å². The molecule has 3 N–H and O–H groups in total. The monoisotopic (exact) mass is 607 g/mol. The first-order valence-corrected chi connectivity index (χ1v) is 14.7. The van der Waals surface area contributed by atoms with Crippen molar-refractivity contribution in [2.45, 2.75) is 91.0 Å². The van der Waals surface area contributed by atoms with Gasteiger partial charge in [0.15, 0.2) is 0 Å². The highest BCUT2D eigenvalue weighted by molar-refractivity contribution is 5.93. The molecule has 10 heteroatoms. The van der Waals surface area contributed by atoms with Gasteiger partial charge in [0, 0.05) is 24.1 Å². The maximum atomic E-state index is 14.7. The first-order valence-electron chi connectivity index (χ1n) is 14.7. The summed E-state index contributed by atoms with van der Waals surface area (Å²) in [6.07, 6.45) is 5.24. The van der Waals surface area contributed by atoms with E-state index in [1.807, 2.05) is 20.8 Å². The first-order chi connectivity index (χ1) is 20.6. The lowest BCUT2D eigenvalue weighted by molar-refractivity contribution is -0.149. The van der Waals surface area contributed by atoms with Gasteiger partial charge in [0.2, 0.25) is 11.8 Å². The lowest BCUT2D eigenvalue weighted by Gasteiger charge is -2.44. The van der Waals surface area contributed by atoms with Crippen LogP contribution in [-0.2, 0) is 30.3 Å². The number of amides is 3. The molecule has 2 rings (SSSR count). The van der Waals surface area contributed by atoms with E-state index in [0.717, 1.165) is 0 Å². The molecule has 2 unspecified atom stereocenters. The largest absolute Gasteiger partial charge is 0.508 e. The summed E-state index contributed by atoms with van der Waals surface area (Å²) >= 11 is 0. The molecular formula is C34H45N3O7. The molecule has 2 atom stereocenters. The van der Waals surface area contributed by atoms with Crippen LogP contribution >= 0.6 is 0 Å². The highest BCUT2D eigenvalue weighted by Gasteiger charge is 2.43. The lowest BCUT2D eigenvalue weighted by atomic mass is 9.91. The number of aromatic hydroxyl groups is 1. The molecule has 2 aromatic carbocycles. The van der Waals surface area contributed by atoms with Crippen LogP contribution in [0.1, 0.15) is 84.0 Å². The van der Waals surface area contributed by atoms with Crippen LogP contribution in [0.25, 0.3) is 0 Å². The van der Waals surface area contributed by atoms with Crippen LogP contribution in [0.15, 0.2) is 48.5 Å². The van der Waals surface area contributed by atoms with Crippen molar-refractivity contribution in [2.24, 2.45) is 0 Å². The summed E-state index contributed by atoms with van der Waals surface area (Å²) in [7, 11) is 0. The second-order valence-corrected chi connectivity index (χ2v) is 12.0. The number of phenolic OH excluding ortho intramolecular Hbond substituents is 1.